The number of amides is 1. The maximum absolute atomic E-state index is 13.4. The molecule has 3 heterocycles. The second-order valence-electron chi connectivity index (χ2n) is 24.3. The van der Waals surface area contributed by atoms with Crippen molar-refractivity contribution in [1.82, 2.24) is 5.32 Å². The van der Waals surface area contributed by atoms with Gasteiger partial charge in [0.25, 0.3) is 0 Å². The fourth-order valence-electron chi connectivity index (χ4n) is 11.4. The van der Waals surface area contributed by atoms with Crippen LogP contribution in [-0.2, 0) is 33.2 Å². The summed E-state index contributed by atoms with van der Waals surface area (Å²) in [5.74, 6) is -0.246. The van der Waals surface area contributed by atoms with Crippen molar-refractivity contribution < 1.29 is 89.4 Å². The summed E-state index contributed by atoms with van der Waals surface area (Å²) < 4.78 is 34.4. The summed E-state index contributed by atoms with van der Waals surface area (Å²) in [6.07, 6.45) is 27.9. The van der Waals surface area contributed by atoms with Crippen molar-refractivity contribution in [3.8, 4) is 0 Å². The van der Waals surface area contributed by atoms with E-state index in [1.54, 1.807) is 0 Å². The van der Waals surface area contributed by atoms with Crippen molar-refractivity contribution in [2.24, 2.45) is 0 Å². The van der Waals surface area contributed by atoms with Crippen LogP contribution < -0.4 is 5.32 Å². The zero-order valence-corrected chi connectivity index (χ0v) is 52.3. The van der Waals surface area contributed by atoms with E-state index in [0.29, 0.717) is 12.8 Å². The summed E-state index contributed by atoms with van der Waals surface area (Å²) >= 11 is 0. The van der Waals surface area contributed by atoms with E-state index in [4.69, 9.17) is 28.4 Å². The van der Waals surface area contributed by atoms with E-state index < -0.39 is 124 Å². The number of hydrogen-bond acceptors (Lipinski definition) is 18. The number of carbonyl (C=O) groups is 1. The Bertz CT molecular complexity index is 1690. The Kier molecular flexibility index (Phi) is 44.4. The summed E-state index contributed by atoms with van der Waals surface area (Å²) in [5.41, 5.74) is 0. The van der Waals surface area contributed by atoms with Gasteiger partial charge in [-0.2, -0.15) is 0 Å². The van der Waals surface area contributed by atoms with Gasteiger partial charge in [-0.1, -0.05) is 224 Å². The third-order valence-corrected chi connectivity index (χ3v) is 17.0. The molecule has 3 rings (SSSR count). The summed E-state index contributed by atoms with van der Waals surface area (Å²) in [4.78, 5) is 13.4. The SMILES string of the molecule is CCCCCCC/C=C\C/C=C\C/C=C\CCCCCCCCCCCCC(=O)NC(COC1OC(CO)C(OC2OC(CO)C(OC3OC(CO)C(O)C(O)C3O)C(O)C2O)C(O)C1O)C(O)CCCCCCCCCCCCCCCCC. The smallest absolute Gasteiger partial charge is 0.220 e. The normalized spacial score (nSPS) is 29.2. The van der Waals surface area contributed by atoms with Crippen molar-refractivity contribution in [3.63, 3.8) is 0 Å². The summed E-state index contributed by atoms with van der Waals surface area (Å²) in [5, 5.41) is 121. The van der Waals surface area contributed by atoms with Gasteiger partial charge in [-0.25, -0.2) is 0 Å². The first kappa shape index (κ1) is 77.3. The van der Waals surface area contributed by atoms with E-state index in [1.807, 2.05) is 0 Å². The number of aliphatic hydroxyl groups is 11. The first-order valence-electron chi connectivity index (χ1n) is 33.7. The highest BCUT2D eigenvalue weighted by Gasteiger charge is 2.53. The molecule has 0 aromatic heterocycles. The molecule has 3 aliphatic rings. The van der Waals surface area contributed by atoms with E-state index in [-0.39, 0.29) is 18.9 Å². The highest BCUT2D eigenvalue weighted by atomic mass is 16.8. The van der Waals surface area contributed by atoms with Gasteiger partial charge >= 0.3 is 0 Å². The molecule has 19 nitrogen and oxygen atoms in total. The molecule has 19 heteroatoms. The minimum absolute atomic E-state index is 0.246. The average molecular weight is 1220 g/mol. The Labute approximate surface area is 511 Å². The largest absolute Gasteiger partial charge is 0.394 e. The Balaban J connectivity index is 1.43. The molecule has 3 aliphatic heterocycles. The molecule has 17 unspecified atom stereocenters. The molecule has 0 saturated carbocycles. The molecule has 0 aromatic rings. The maximum atomic E-state index is 13.4. The van der Waals surface area contributed by atoms with Crippen LogP contribution >= 0.6 is 0 Å². The van der Waals surface area contributed by atoms with Crippen LogP contribution in [0.2, 0.25) is 0 Å². The zero-order valence-electron chi connectivity index (χ0n) is 52.3. The molecule has 85 heavy (non-hydrogen) atoms. The second-order valence-corrected chi connectivity index (χ2v) is 24.3. The van der Waals surface area contributed by atoms with Crippen LogP contribution in [-0.4, -0.2) is 193 Å². The van der Waals surface area contributed by atoms with Crippen LogP contribution in [0.4, 0.5) is 0 Å². The summed E-state index contributed by atoms with van der Waals surface area (Å²) in [7, 11) is 0. The third kappa shape index (κ3) is 31.5. The third-order valence-electron chi connectivity index (χ3n) is 17.0. The van der Waals surface area contributed by atoms with Crippen molar-refractivity contribution in [2.75, 3.05) is 26.4 Å². The molecule has 3 fully saturated rings. The number of unbranched alkanes of at least 4 members (excludes halogenated alkanes) is 29. The number of ether oxygens (including phenoxy) is 6. The molecule has 0 bridgehead atoms. The van der Waals surface area contributed by atoms with Crippen LogP contribution in [0.5, 0.6) is 0 Å². The summed E-state index contributed by atoms with van der Waals surface area (Å²) in [6.45, 7) is 1.79. The number of hydrogen-bond donors (Lipinski definition) is 12. The Morgan fingerprint density at radius 2 is 0.776 bits per heavy atom. The highest BCUT2D eigenvalue weighted by Crippen LogP contribution is 2.33. The molecule has 12 N–H and O–H groups in total. The molecule has 0 aromatic carbocycles. The van der Waals surface area contributed by atoms with Crippen LogP contribution in [0.15, 0.2) is 36.5 Å². The van der Waals surface area contributed by atoms with E-state index >= 15 is 0 Å². The molecule has 1 amide bonds. The quantitative estimate of drug-likeness (QED) is 0.0202. The monoisotopic (exact) mass is 1220 g/mol. The molecular formula is C66H121NO18. The fraction of sp³-hybridized carbons (Fsp3) is 0.894. The van der Waals surface area contributed by atoms with Gasteiger partial charge in [0.15, 0.2) is 18.9 Å². The zero-order chi connectivity index (χ0) is 61.9. The Morgan fingerprint density at radius 3 is 1.21 bits per heavy atom. The summed E-state index contributed by atoms with van der Waals surface area (Å²) in [6, 6.07) is -0.889. The van der Waals surface area contributed by atoms with Gasteiger partial charge in [-0.15, -0.1) is 0 Å². The lowest BCUT2D eigenvalue weighted by atomic mass is 9.96. The van der Waals surface area contributed by atoms with Gasteiger partial charge in [0.1, 0.15) is 73.2 Å². The number of rotatable bonds is 51. The van der Waals surface area contributed by atoms with E-state index in [1.165, 1.54) is 148 Å². The molecule has 0 radical (unpaired) electrons. The Hall–Kier alpha value is -1.99. The average Bonchev–Trinajstić information content (AvgIpc) is 3.63. The predicted octanol–water partition coefficient (Wildman–Crippen LogP) is 8.05. The second kappa shape index (κ2) is 48.8. The lowest BCUT2D eigenvalue weighted by Gasteiger charge is -2.48. The number of aliphatic hydroxyl groups excluding tert-OH is 11. The molecule has 498 valence electrons. The predicted molar refractivity (Wildman–Crippen MR) is 328 cm³/mol. The van der Waals surface area contributed by atoms with Gasteiger partial charge < -0.3 is 89.9 Å². The highest BCUT2D eigenvalue weighted by molar-refractivity contribution is 5.76. The molecule has 0 aliphatic carbocycles. The number of allylic oxidation sites excluding steroid dienone is 6. The molecule has 17 atom stereocenters. The van der Waals surface area contributed by atoms with Crippen LogP contribution in [0.3, 0.4) is 0 Å². The Morgan fingerprint density at radius 1 is 0.424 bits per heavy atom. The van der Waals surface area contributed by atoms with Gasteiger partial charge in [0.2, 0.25) is 5.91 Å². The van der Waals surface area contributed by atoms with Crippen molar-refractivity contribution in [2.45, 2.75) is 349 Å². The van der Waals surface area contributed by atoms with E-state index in [9.17, 15) is 61.0 Å². The van der Waals surface area contributed by atoms with E-state index in [2.05, 4.69) is 55.6 Å². The molecular weight excluding hydrogens is 1090 g/mol. The topological polar surface area (TPSA) is 307 Å². The first-order valence-corrected chi connectivity index (χ1v) is 33.7. The van der Waals surface area contributed by atoms with Crippen LogP contribution in [0, 0.1) is 0 Å². The maximum Gasteiger partial charge on any atom is 0.220 e. The molecule has 0 spiro atoms. The lowest BCUT2D eigenvalue weighted by Crippen LogP contribution is -2.66. The minimum Gasteiger partial charge on any atom is -0.394 e. The van der Waals surface area contributed by atoms with Gasteiger partial charge in [-0.3, -0.25) is 4.79 Å². The number of nitrogens with one attached hydrogen (secondary N) is 1. The minimum atomic E-state index is -1.97. The van der Waals surface area contributed by atoms with Gasteiger partial charge in [-0.05, 0) is 51.4 Å². The van der Waals surface area contributed by atoms with Crippen molar-refractivity contribution >= 4 is 5.91 Å². The van der Waals surface area contributed by atoms with Crippen molar-refractivity contribution in [3.05, 3.63) is 36.5 Å². The fourth-order valence-corrected chi connectivity index (χ4v) is 11.4. The van der Waals surface area contributed by atoms with Gasteiger partial charge in [0, 0.05) is 6.42 Å². The van der Waals surface area contributed by atoms with Crippen molar-refractivity contribution in [1.29, 1.82) is 0 Å². The van der Waals surface area contributed by atoms with E-state index in [0.717, 1.165) is 64.2 Å². The van der Waals surface area contributed by atoms with Crippen LogP contribution in [0.25, 0.3) is 0 Å². The standard InChI is InChI=1S/C66H121NO18/c1-3-5-7-9-11-13-15-17-19-20-21-22-23-24-25-26-27-28-30-32-34-36-38-40-42-44-54(72)67-49(50(71)43-41-39-37-35-33-31-29-18-16-14-12-10-8-6-4-2)48-80-64-60(78)57(75)62(52(46-69)82-64)85-66-61(79)58(76)63(53(47-70)83-66)84-65-59(77)56(74)55(73)51(45-68)81-65/h15,17,20-21,23-24,49-53,55-66,68-71,73-79H,3-14,16,18-19,22,25-48H2,1-2H3,(H,67,72)/b17-15-,21-20-,24-23-. The first-order chi connectivity index (χ1) is 41.3. The number of carbonyl (C=O) groups excluding carboxylic acids is 1. The van der Waals surface area contributed by atoms with Gasteiger partial charge in [0.05, 0.1) is 38.6 Å². The molecule has 3 saturated heterocycles. The lowest BCUT2D eigenvalue weighted by molar-refractivity contribution is -0.379. The van der Waals surface area contributed by atoms with Crippen LogP contribution in [0.1, 0.15) is 245 Å².